The van der Waals surface area contributed by atoms with Crippen molar-refractivity contribution in [3.05, 3.63) is 69.3 Å². The molecule has 1 fully saturated rings. The number of rotatable bonds is 8. The van der Waals surface area contributed by atoms with Crippen LogP contribution in [0.2, 0.25) is 0 Å². The van der Waals surface area contributed by atoms with Crippen LogP contribution in [0.15, 0.2) is 42.5 Å². The zero-order valence-electron chi connectivity index (χ0n) is 18.7. The predicted octanol–water partition coefficient (Wildman–Crippen LogP) is 3.65. The lowest BCUT2D eigenvalue weighted by Crippen LogP contribution is -2.46. The maximum atomic E-state index is 13.0. The van der Waals surface area contributed by atoms with Gasteiger partial charge in [0.05, 0.1) is 11.0 Å². The molecular weight excluding hydrogens is 410 g/mol. The molecule has 2 amide bonds. The number of likely N-dealkylation sites (tertiary alicyclic amines) is 1. The summed E-state index contributed by atoms with van der Waals surface area (Å²) >= 11 is 0. The first-order valence-electron chi connectivity index (χ1n) is 10.9. The zero-order valence-corrected chi connectivity index (χ0v) is 18.7. The molecule has 2 aromatic rings. The summed E-state index contributed by atoms with van der Waals surface area (Å²) in [4.78, 5) is 37.8. The number of amides is 2. The Morgan fingerprint density at radius 2 is 1.94 bits per heavy atom. The zero-order chi connectivity index (χ0) is 23.3. The summed E-state index contributed by atoms with van der Waals surface area (Å²) in [5.41, 5.74) is 1.84. The molecule has 8 nitrogen and oxygen atoms in total. The molecule has 0 saturated carbocycles. The highest BCUT2D eigenvalue weighted by Crippen LogP contribution is 2.24. The van der Waals surface area contributed by atoms with Crippen molar-refractivity contribution < 1.29 is 19.2 Å². The third-order valence-corrected chi connectivity index (χ3v) is 5.46. The van der Waals surface area contributed by atoms with Crippen LogP contribution in [0.3, 0.4) is 0 Å². The van der Waals surface area contributed by atoms with Gasteiger partial charge in [0.15, 0.2) is 0 Å². The molecule has 1 atom stereocenters. The highest BCUT2D eigenvalue weighted by molar-refractivity contribution is 5.98. The number of nitro benzene ring substituents is 1. The van der Waals surface area contributed by atoms with E-state index in [0.717, 1.165) is 17.7 Å². The Labute approximate surface area is 187 Å². The van der Waals surface area contributed by atoms with Gasteiger partial charge < -0.3 is 15.0 Å². The average Bonchev–Trinajstić information content (AvgIpc) is 3.23. The average molecular weight is 440 g/mol. The van der Waals surface area contributed by atoms with Gasteiger partial charge in [-0.1, -0.05) is 12.1 Å². The fourth-order valence-corrected chi connectivity index (χ4v) is 3.90. The number of carbonyl (C=O) groups is 2. The number of nitrogens with one attached hydrogen (secondary N) is 1. The molecule has 170 valence electrons. The van der Waals surface area contributed by atoms with Crippen molar-refractivity contribution in [3.63, 3.8) is 0 Å². The van der Waals surface area contributed by atoms with Crippen LogP contribution < -0.4 is 10.1 Å². The van der Waals surface area contributed by atoms with Crippen molar-refractivity contribution in [1.29, 1.82) is 0 Å². The minimum Gasteiger partial charge on any atom is -0.491 e. The smallest absolute Gasteiger partial charge is 0.272 e. The van der Waals surface area contributed by atoms with Crippen LogP contribution in [0, 0.1) is 17.0 Å². The molecule has 1 aliphatic rings. The molecular formula is C24H29N3O5. The molecule has 0 spiro atoms. The Morgan fingerprint density at radius 1 is 1.22 bits per heavy atom. The third-order valence-electron chi connectivity index (χ3n) is 5.46. The van der Waals surface area contributed by atoms with Gasteiger partial charge in [0.2, 0.25) is 5.91 Å². The van der Waals surface area contributed by atoms with Gasteiger partial charge in [-0.25, -0.2) is 0 Å². The largest absolute Gasteiger partial charge is 0.491 e. The van der Waals surface area contributed by atoms with Gasteiger partial charge in [-0.15, -0.1) is 0 Å². The van der Waals surface area contributed by atoms with Gasteiger partial charge in [0, 0.05) is 30.3 Å². The monoisotopic (exact) mass is 439 g/mol. The Bertz CT molecular complexity index is 988. The van der Waals surface area contributed by atoms with E-state index in [-0.39, 0.29) is 23.6 Å². The normalized spacial score (nSPS) is 15.6. The highest BCUT2D eigenvalue weighted by Gasteiger charge is 2.34. The van der Waals surface area contributed by atoms with E-state index in [9.17, 15) is 19.7 Å². The molecule has 8 heteroatoms. The summed E-state index contributed by atoms with van der Waals surface area (Å²) in [6.45, 7) is 6.51. The summed E-state index contributed by atoms with van der Waals surface area (Å²) in [6.07, 6.45) is 2.14. The second kappa shape index (κ2) is 10.3. The lowest BCUT2D eigenvalue weighted by molar-refractivity contribution is -0.385. The first-order chi connectivity index (χ1) is 15.3. The number of carbonyl (C=O) groups excluding carboxylic acids is 2. The van der Waals surface area contributed by atoms with Gasteiger partial charge in [0.25, 0.3) is 11.6 Å². The molecule has 32 heavy (non-hydrogen) atoms. The number of hydrogen-bond acceptors (Lipinski definition) is 5. The lowest BCUT2D eigenvalue weighted by Gasteiger charge is -2.24. The van der Waals surface area contributed by atoms with E-state index in [4.69, 9.17) is 4.74 Å². The van der Waals surface area contributed by atoms with Crippen LogP contribution >= 0.6 is 0 Å². The quantitative estimate of drug-likeness (QED) is 0.500. The van der Waals surface area contributed by atoms with Crippen molar-refractivity contribution in [2.75, 3.05) is 13.1 Å². The number of nitrogens with zero attached hydrogens (tertiary/aromatic N) is 2. The van der Waals surface area contributed by atoms with Crippen molar-refractivity contribution in [3.8, 4) is 5.75 Å². The first kappa shape index (κ1) is 23.2. The first-order valence-corrected chi connectivity index (χ1v) is 10.9. The molecule has 1 unspecified atom stereocenters. The second-order valence-electron chi connectivity index (χ2n) is 8.27. The Balaban J connectivity index is 1.56. The van der Waals surface area contributed by atoms with Crippen LogP contribution in [-0.2, 0) is 11.2 Å². The molecule has 0 aliphatic carbocycles. The number of nitro groups is 1. The van der Waals surface area contributed by atoms with E-state index in [1.165, 1.54) is 18.2 Å². The topological polar surface area (TPSA) is 102 Å². The van der Waals surface area contributed by atoms with Crippen LogP contribution in [0.5, 0.6) is 5.75 Å². The maximum Gasteiger partial charge on any atom is 0.272 e. The summed E-state index contributed by atoms with van der Waals surface area (Å²) in [5, 5.41) is 14.0. The summed E-state index contributed by atoms with van der Waals surface area (Å²) in [6, 6.07) is 11.6. The molecule has 3 rings (SSSR count). The molecule has 1 saturated heterocycles. The number of aryl methyl sites for hydroxylation is 1. The van der Waals surface area contributed by atoms with Crippen LogP contribution in [0.1, 0.15) is 48.2 Å². The van der Waals surface area contributed by atoms with Crippen molar-refractivity contribution >= 4 is 17.5 Å². The van der Waals surface area contributed by atoms with Crippen molar-refractivity contribution in [1.82, 2.24) is 10.2 Å². The van der Waals surface area contributed by atoms with E-state index >= 15 is 0 Å². The predicted molar refractivity (Wildman–Crippen MR) is 121 cm³/mol. The van der Waals surface area contributed by atoms with Crippen LogP contribution in [-0.4, -0.2) is 46.9 Å². The Hall–Kier alpha value is -3.42. The maximum absolute atomic E-state index is 13.0. The molecule has 1 heterocycles. The minimum atomic E-state index is -0.528. The standard InChI is InChI=1S/C24H29N3O5/c1-16(2)32-20-9-6-18(7-10-20)12-13-25-23(28)22-5-4-14-26(22)24(29)19-8-11-21(27(30)31)17(3)15-19/h6-11,15-16,22H,4-5,12-14H2,1-3H3,(H,25,28). The van der Waals surface area contributed by atoms with Crippen LogP contribution in [0.4, 0.5) is 5.69 Å². The van der Waals surface area contributed by atoms with Crippen molar-refractivity contribution in [2.24, 2.45) is 0 Å². The Kier molecular flexibility index (Phi) is 7.45. The molecule has 1 aliphatic heterocycles. The molecule has 0 bridgehead atoms. The summed E-state index contributed by atoms with van der Waals surface area (Å²) in [5.74, 6) is 0.366. The molecule has 0 aromatic heterocycles. The fraction of sp³-hybridized carbons (Fsp3) is 0.417. The SMILES string of the molecule is Cc1cc(C(=O)N2CCCC2C(=O)NCCc2ccc(OC(C)C)cc2)ccc1[N+](=O)[O-]. The minimum absolute atomic E-state index is 0.0268. The highest BCUT2D eigenvalue weighted by atomic mass is 16.6. The second-order valence-corrected chi connectivity index (χ2v) is 8.27. The van der Waals surface area contributed by atoms with Gasteiger partial charge in [-0.2, -0.15) is 0 Å². The fourth-order valence-electron chi connectivity index (χ4n) is 3.90. The van der Waals surface area contributed by atoms with E-state index in [2.05, 4.69) is 5.32 Å². The van der Waals surface area contributed by atoms with Crippen molar-refractivity contribution in [2.45, 2.75) is 52.2 Å². The molecule has 2 aromatic carbocycles. The summed E-state index contributed by atoms with van der Waals surface area (Å²) in [7, 11) is 0. The number of ether oxygens (including phenoxy) is 1. The lowest BCUT2D eigenvalue weighted by atomic mass is 10.1. The number of hydrogen-bond donors (Lipinski definition) is 1. The van der Waals surface area contributed by atoms with Gasteiger partial charge in [-0.3, -0.25) is 19.7 Å². The van der Waals surface area contributed by atoms with Gasteiger partial charge in [-0.05, 0) is 69.9 Å². The van der Waals surface area contributed by atoms with Gasteiger partial charge >= 0.3 is 0 Å². The van der Waals surface area contributed by atoms with E-state index in [0.29, 0.717) is 37.1 Å². The molecule has 1 N–H and O–H groups in total. The van der Waals surface area contributed by atoms with E-state index in [1.54, 1.807) is 11.8 Å². The Morgan fingerprint density at radius 3 is 2.56 bits per heavy atom. The molecule has 0 radical (unpaired) electrons. The summed E-state index contributed by atoms with van der Waals surface area (Å²) < 4.78 is 5.64. The number of benzene rings is 2. The van der Waals surface area contributed by atoms with E-state index < -0.39 is 11.0 Å². The van der Waals surface area contributed by atoms with Gasteiger partial charge in [0.1, 0.15) is 11.8 Å². The van der Waals surface area contributed by atoms with Crippen LogP contribution in [0.25, 0.3) is 0 Å². The third kappa shape index (κ3) is 5.63. The van der Waals surface area contributed by atoms with E-state index in [1.807, 2.05) is 38.1 Å².